The predicted octanol–water partition coefficient (Wildman–Crippen LogP) is 6.21. The van der Waals surface area contributed by atoms with Gasteiger partial charge in [-0.15, -0.1) is 0 Å². The molecule has 0 heterocycles. The van der Waals surface area contributed by atoms with Crippen molar-refractivity contribution in [2.45, 2.75) is 96.3 Å². The zero-order valence-electron chi connectivity index (χ0n) is 18.2. The molecule has 0 aromatic rings. The molecule has 0 spiro atoms. The summed E-state index contributed by atoms with van der Waals surface area (Å²) in [6, 6.07) is 0. The number of hydrogen-bond donors (Lipinski definition) is 0. The van der Waals surface area contributed by atoms with E-state index in [2.05, 4.69) is 59.7 Å². The molecule has 0 amide bonds. The van der Waals surface area contributed by atoms with E-state index < -0.39 is 0 Å². The van der Waals surface area contributed by atoms with Gasteiger partial charge in [-0.25, -0.2) is 0 Å². The Bertz CT molecular complexity index is 260. The van der Waals surface area contributed by atoms with E-state index in [0.717, 1.165) is 0 Å². The standard InChI is InChI=1S/3C5H10.6CO.HPS.3W/c3*1-2-4-5-3-1;7*1-2;;;/h3*1-5H2;;;;;;;1H;;;. The van der Waals surface area contributed by atoms with Gasteiger partial charge < -0.3 is 0 Å². The molecule has 3 rings (SSSR count). The topological polar surface area (TPSA) is 119 Å². The van der Waals surface area contributed by atoms with Crippen molar-refractivity contribution in [2.24, 2.45) is 0 Å². The summed E-state index contributed by atoms with van der Waals surface area (Å²) in [5.41, 5.74) is 0. The van der Waals surface area contributed by atoms with E-state index in [-0.39, 0.29) is 63.2 Å². The van der Waals surface area contributed by atoms with E-state index in [9.17, 15) is 0 Å². The first-order valence-corrected chi connectivity index (χ1v) is 10.6. The molecule has 180 valence electrons. The quantitative estimate of drug-likeness (QED) is 0.160. The van der Waals surface area contributed by atoms with Gasteiger partial charge in [-0.05, 0) is 8.02 Å². The summed E-state index contributed by atoms with van der Waals surface area (Å²) in [4.78, 5) is 0. The van der Waals surface area contributed by atoms with Crippen LogP contribution in [0.2, 0.25) is 0 Å². The smallest absolute Gasteiger partial charge is 0 e. The van der Waals surface area contributed by atoms with Crippen LogP contribution >= 0.6 is 8.02 Å². The van der Waals surface area contributed by atoms with Gasteiger partial charge in [-0.3, -0.25) is 0 Å². The minimum Gasteiger partial charge on any atom is 0 e. The molecule has 0 bridgehead atoms. The fourth-order valence-corrected chi connectivity index (χ4v) is 2.65. The molecule has 3 aliphatic carbocycles. The van der Waals surface area contributed by atoms with Gasteiger partial charge >= 0.3 is 67.8 Å². The van der Waals surface area contributed by atoms with Crippen LogP contribution in [0.3, 0.4) is 0 Å². The third kappa shape index (κ3) is 109. The fourth-order valence-electron chi connectivity index (χ4n) is 2.65. The first-order chi connectivity index (χ1) is 14.5. The summed E-state index contributed by atoms with van der Waals surface area (Å²) in [5.74, 6) is 0. The van der Waals surface area contributed by atoms with Crippen molar-refractivity contribution in [3.8, 4) is 0 Å². The van der Waals surface area contributed by atoms with Crippen LogP contribution in [0.5, 0.6) is 0 Å². The van der Waals surface area contributed by atoms with E-state index in [4.69, 9.17) is 27.9 Å². The Balaban J connectivity index is -0.0000000217. The maximum Gasteiger partial charge on any atom is 0 e. The zero-order chi connectivity index (χ0) is 24.6. The Morgan fingerprint density at radius 3 is 0.344 bits per heavy atom. The zero-order valence-corrected chi connectivity index (χ0v) is 28.8. The summed E-state index contributed by atoms with van der Waals surface area (Å²) in [6.45, 7) is 27.0. The Hall–Kier alpha value is 1.02. The van der Waals surface area contributed by atoms with Gasteiger partial charge in [0.25, 0.3) is 0 Å². The molecule has 3 saturated carbocycles. The summed E-state index contributed by atoms with van der Waals surface area (Å²) in [7, 11) is 2.56. The maximum atomic E-state index is 7.50. The number of hydrogen-bond acceptors (Lipinski definition) is 1. The second-order valence-corrected chi connectivity index (χ2v) is 5.30. The largest absolute Gasteiger partial charge is 0 e. The molecule has 0 aromatic carbocycles. The van der Waals surface area contributed by atoms with Crippen molar-refractivity contribution >= 4 is 19.8 Å². The molecule has 0 unspecified atom stereocenters. The van der Waals surface area contributed by atoms with Crippen molar-refractivity contribution in [1.82, 2.24) is 0 Å². The maximum absolute atomic E-state index is 7.50. The Morgan fingerprint density at radius 1 is 0.281 bits per heavy atom. The van der Waals surface area contributed by atoms with Crippen molar-refractivity contribution in [1.29, 1.82) is 0 Å². The van der Waals surface area contributed by atoms with Gasteiger partial charge in [0.1, 0.15) is 0 Å². The van der Waals surface area contributed by atoms with Crippen LogP contribution in [-0.4, -0.2) is 0 Å². The first-order valence-electron chi connectivity index (χ1n) is 8.93. The van der Waals surface area contributed by atoms with E-state index >= 15 is 0 Å². The van der Waals surface area contributed by atoms with Crippen LogP contribution in [0, 0.1) is 39.9 Å². The second-order valence-electron chi connectivity index (χ2n) is 5.30. The van der Waals surface area contributed by atoms with Crippen LogP contribution in [0.1, 0.15) is 96.3 Å². The second kappa shape index (κ2) is 120. The Kier molecular flexibility index (Phi) is 240. The number of rotatable bonds is 0. The van der Waals surface area contributed by atoms with Gasteiger partial charge in [0.2, 0.25) is 0 Å². The third-order valence-electron chi connectivity index (χ3n) is 3.75. The van der Waals surface area contributed by atoms with Gasteiger partial charge in [0, 0.05) is 63.2 Å². The van der Waals surface area contributed by atoms with Crippen molar-refractivity contribution < 1.29 is 91.1 Å². The van der Waals surface area contributed by atoms with Crippen LogP contribution in [0.4, 0.5) is 0 Å². The first kappa shape index (κ1) is 63.9. The Morgan fingerprint density at radius 2 is 0.312 bits per heavy atom. The van der Waals surface area contributed by atoms with E-state index in [1.54, 1.807) is 0 Å². The molecule has 0 N–H and O–H groups in total. The van der Waals surface area contributed by atoms with Crippen LogP contribution < -0.4 is 0 Å². The van der Waals surface area contributed by atoms with Crippen molar-refractivity contribution in [2.75, 3.05) is 0 Å². The average molecular weight is 994 g/mol. The normalized spacial score (nSPS) is 11.8. The molecule has 3 aliphatic rings. The van der Waals surface area contributed by atoms with Gasteiger partial charge in [-0.1, -0.05) is 108 Å². The third-order valence-corrected chi connectivity index (χ3v) is 3.75. The summed E-state index contributed by atoms with van der Waals surface area (Å²) in [5, 5.41) is 0. The predicted molar refractivity (Wildman–Crippen MR) is 109 cm³/mol. The molecule has 0 saturated heterocycles. The molecular formula is C21H31O6PSW3. The summed E-state index contributed by atoms with van der Waals surface area (Å²) < 4.78 is 45.0. The monoisotopic (exact) mass is 994 g/mol. The van der Waals surface area contributed by atoms with Crippen LogP contribution in [0.15, 0.2) is 0 Å². The molecule has 0 radical (unpaired) electrons. The van der Waals surface area contributed by atoms with E-state index in [0.29, 0.717) is 0 Å². The molecule has 6 nitrogen and oxygen atoms in total. The fraction of sp³-hybridized carbons (Fsp3) is 0.714. The summed E-state index contributed by atoms with van der Waals surface area (Å²) in [6.07, 6.45) is 22.5. The summed E-state index contributed by atoms with van der Waals surface area (Å²) >= 11 is 3.89. The Labute approximate surface area is 245 Å². The van der Waals surface area contributed by atoms with Crippen LogP contribution in [-0.2, 0) is 103 Å². The molecule has 0 atom stereocenters. The van der Waals surface area contributed by atoms with Crippen LogP contribution in [0.25, 0.3) is 0 Å². The van der Waals surface area contributed by atoms with Gasteiger partial charge in [0.05, 0.1) is 0 Å². The molecule has 0 aliphatic heterocycles. The van der Waals surface area contributed by atoms with Crippen molar-refractivity contribution in [3.63, 3.8) is 0 Å². The minimum atomic E-state index is 0. The van der Waals surface area contributed by atoms with E-state index in [1.165, 1.54) is 96.3 Å². The SMILES string of the molecule is C1CCCC1.C1CCCC1.C1CCCC1.P=S.[C-]#[O+].[C-]#[O+].[C-]#[O+].[C-]#[O+].[C-]#[O+].[C-]#[O+].[W].[W].[W]. The van der Waals surface area contributed by atoms with E-state index in [1.807, 2.05) is 0 Å². The molecule has 3 fully saturated rings. The molecular weight excluding hydrogens is 963 g/mol. The average Bonchev–Trinajstić information content (AvgIpc) is 3.70. The molecule has 32 heavy (non-hydrogen) atoms. The minimum absolute atomic E-state index is 0. The molecule has 0 aromatic heterocycles. The molecule has 11 heteroatoms. The van der Waals surface area contributed by atoms with Crippen molar-refractivity contribution in [3.05, 3.63) is 39.9 Å². The van der Waals surface area contributed by atoms with Gasteiger partial charge in [-0.2, -0.15) is 0 Å². The van der Waals surface area contributed by atoms with Gasteiger partial charge in [0.15, 0.2) is 0 Å².